The summed E-state index contributed by atoms with van der Waals surface area (Å²) in [6.07, 6.45) is 3.35. The molecule has 0 aromatic heterocycles. The third-order valence-electron chi connectivity index (χ3n) is 3.51. The van der Waals surface area contributed by atoms with E-state index < -0.39 is 0 Å². The van der Waals surface area contributed by atoms with Crippen LogP contribution in [0.1, 0.15) is 24.8 Å². The average Bonchev–Trinajstić information content (AvgIpc) is 3.01. The lowest BCUT2D eigenvalue weighted by molar-refractivity contribution is 0.253. The van der Waals surface area contributed by atoms with Crippen molar-refractivity contribution < 1.29 is 5.11 Å². The Morgan fingerprint density at radius 2 is 2.19 bits per heavy atom. The van der Waals surface area contributed by atoms with Gasteiger partial charge in [0.05, 0.1) is 0 Å². The molecule has 1 aliphatic rings. The van der Waals surface area contributed by atoms with Crippen LogP contribution >= 0.6 is 0 Å². The number of aryl methyl sites for hydroxylation is 1. The molecule has 0 heterocycles. The molecule has 0 aliphatic heterocycles. The maximum atomic E-state index is 8.99. The second-order valence-electron chi connectivity index (χ2n) is 4.90. The van der Waals surface area contributed by atoms with Crippen molar-refractivity contribution in [3.63, 3.8) is 0 Å². The molecule has 0 radical (unpaired) electrons. The molecular formula is C13H20N2O. The van der Waals surface area contributed by atoms with Crippen LogP contribution in [0.15, 0.2) is 18.2 Å². The summed E-state index contributed by atoms with van der Waals surface area (Å²) in [7, 11) is 0. The van der Waals surface area contributed by atoms with Gasteiger partial charge >= 0.3 is 0 Å². The lowest BCUT2D eigenvalue weighted by Gasteiger charge is -2.17. The van der Waals surface area contributed by atoms with Crippen molar-refractivity contribution in [2.45, 2.75) is 26.2 Å². The quantitative estimate of drug-likeness (QED) is 0.666. The molecule has 4 N–H and O–H groups in total. The number of nitrogens with one attached hydrogen (secondary N) is 1. The number of aliphatic hydroxyl groups excluding tert-OH is 1. The Hall–Kier alpha value is -1.22. The molecule has 16 heavy (non-hydrogen) atoms. The largest absolute Gasteiger partial charge is 0.399 e. The van der Waals surface area contributed by atoms with Crippen LogP contribution in [0.5, 0.6) is 0 Å². The van der Waals surface area contributed by atoms with E-state index in [9.17, 15) is 0 Å². The van der Waals surface area contributed by atoms with Crippen LogP contribution < -0.4 is 11.1 Å². The van der Waals surface area contributed by atoms with E-state index in [1.165, 1.54) is 18.4 Å². The first-order valence-electron chi connectivity index (χ1n) is 5.86. The summed E-state index contributed by atoms with van der Waals surface area (Å²) in [6, 6.07) is 5.93. The molecule has 0 unspecified atom stereocenters. The van der Waals surface area contributed by atoms with E-state index in [0.29, 0.717) is 5.41 Å². The molecular weight excluding hydrogens is 200 g/mol. The first kappa shape index (κ1) is 11.3. The first-order chi connectivity index (χ1) is 7.65. The highest BCUT2D eigenvalue weighted by molar-refractivity contribution is 5.59. The minimum absolute atomic E-state index is 0.289. The second-order valence-corrected chi connectivity index (χ2v) is 4.90. The van der Waals surface area contributed by atoms with Gasteiger partial charge in [0.25, 0.3) is 0 Å². The number of hydrogen-bond acceptors (Lipinski definition) is 3. The van der Waals surface area contributed by atoms with Crippen LogP contribution in [-0.4, -0.2) is 18.3 Å². The van der Waals surface area contributed by atoms with E-state index in [4.69, 9.17) is 10.8 Å². The minimum atomic E-state index is 0.289. The Morgan fingerprint density at radius 3 is 2.81 bits per heavy atom. The fourth-order valence-electron chi connectivity index (χ4n) is 2.04. The third kappa shape index (κ3) is 2.47. The molecule has 88 valence electrons. The van der Waals surface area contributed by atoms with Gasteiger partial charge < -0.3 is 16.2 Å². The van der Waals surface area contributed by atoms with Gasteiger partial charge in [-0.25, -0.2) is 0 Å². The Bertz CT molecular complexity index is 372. The van der Waals surface area contributed by atoms with Crippen molar-refractivity contribution in [3.05, 3.63) is 23.8 Å². The molecule has 3 nitrogen and oxygen atoms in total. The Morgan fingerprint density at radius 1 is 1.44 bits per heavy atom. The predicted octanol–water partition coefficient (Wildman–Crippen LogP) is 2.15. The standard InChI is InChI=1S/C13H20N2O/c1-10-2-3-11(14)8-12(10)15-9-13(4-5-13)6-7-16/h2-3,8,15-16H,4-7,9,14H2,1H3. The summed E-state index contributed by atoms with van der Waals surface area (Å²) in [5.41, 5.74) is 9.22. The lowest BCUT2D eigenvalue weighted by atomic mass is 10.0. The summed E-state index contributed by atoms with van der Waals surface area (Å²) >= 11 is 0. The molecule has 0 amide bonds. The van der Waals surface area contributed by atoms with Crippen molar-refractivity contribution in [2.24, 2.45) is 5.41 Å². The van der Waals surface area contributed by atoms with Crippen LogP contribution in [0.3, 0.4) is 0 Å². The maximum Gasteiger partial charge on any atom is 0.0436 e. The van der Waals surface area contributed by atoms with Crippen molar-refractivity contribution in [1.82, 2.24) is 0 Å². The van der Waals surface area contributed by atoms with Crippen LogP contribution in [-0.2, 0) is 0 Å². The van der Waals surface area contributed by atoms with Crippen LogP contribution in [0.25, 0.3) is 0 Å². The smallest absolute Gasteiger partial charge is 0.0436 e. The summed E-state index contributed by atoms with van der Waals surface area (Å²) < 4.78 is 0. The second kappa shape index (κ2) is 4.34. The molecule has 0 spiro atoms. The van der Waals surface area contributed by atoms with Gasteiger partial charge in [0.2, 0.25) is 0 Å². The van der Waals surface area contributed by atoms with Crippen molar-refractivity contribution >= 4 is 11.4 Å². The summed E-state index contributed by atoms with van der Waals surface area (Å²) in [5, 5.41) is 12.4. The monoisotopic (exact) mass is 220 g/mol. The van der Waals surface area contributed by atoms with Crippen molar-refractivity contribution in [3.8, 4) is 0 Å². The molecule has 0 bridgehead atoms. The average molecular weight is 220 g/mol. The molecule has 1 aliphatic carbocycles. The normalized spacial score (nSPS) is 17.1. The van der Waals surface area contributed by atoms with Gasteiger partial charge in [-0.15, -0.1) is 0 Å². The van der Waals surface area contributed by atoms with E-state index in [2.05, 4.69) is 12.2 Å². The zero-order valence-electron chi connectivity index (χ0n) is 9.79. The highest BCUT2D eigenvalue weighted by atomic mass is 16.3. The van der Waals surface area contributed by atoms with Crippen LogP contribution in [0, 0.1) is 12.3 Å². The van der Waals surface area contributed by atoms with Gasteiger partial charge in [0, 0.05) is 24.5 Å². The molecule has 1 fully saturated rings. The van der Waals surface area contributed by atoms with Crippen molar-refractivity contribution in [1.29, 1.82) is 0 Å². The van der Waals surface area contributed by atoms with E-state index >= 15 is 0 Å². The third-order valence-corrected chi connectivity index (χ3v) is 3.51. The topological polar surface area (TPSA) is 58.3 Å². The number of nitrogens with two attached hydrogens (primary N) is 1. The number of nitrogen functional groups attached to an aromatic ring is 1. The molecule has 3 heteroatoms. The number of benzene rings is 1. The van der Waals surface area contributed by atoms with Crippen LogP contribution in [0.2, 0.25) is 0 Å². The molecule has 2 rings (SSSR count). The van der Waals surface area contributed by atoms with E-state index in [0.717, 1.165) is 24.3 Å². The SMILES string of the molecule is Cc1ccc(N)cc1NCC1(CCO)CC1. The molecule has 1 saturated carbocycles. The van der Waals surface area contributed by atoms with E-state index in [1.807, 2.05) is 18.2 Å². The summed E-state index contributed by atoms with van der Waals surface area (Å²) in [4.78, 5) is 0. The Kier molecular flexibility index (Phi) is 3.06. The molecule has 0 atom stereocenters. The predicted molar refractivity (Wildman–Crippen MR) is 67.5 cm³/mol. The van der Waals surface area contributed by atoms with Gasteiger partial charge in [0.15, 0.2) is 0 Å². The highest BCUT2D eigenvalue weighted by Crippen LogP contribution is 2.48. The van der Waals surface area contributed by atoms with E-state index in [-0.39, 0.29) is 6.61 Å². The van der Waals surface area contributed by atoms with Gasteiger partial charge in [0.1, 0.15) is 0 Å². The van der Waals surface area contributed by atoms with Crippen LogP contribution in [0.4, 0.5) is 11.4 Å². The molecule has 1 aromatic carbocycles. The van der Waals surface area contributed by atoms with E-state index in [1.54, 1.807) is 0 Å². The number of hydrogen-bond donors (Lipinski definition) is 3. The highest BCUT2D eigenvalue weighted by Gasteiger charge is 2.41. The fraction of sp³-hybridized carbons (Fsp3) is 0.538. The first-order valence-corrected chi connectivity index (χ1v) is 5.86. The van der Waals surface area contributed by atoms with Crippen molar-refractivity contribution in [2.75, 3.05) is 24.2 Å². The summed E-state index contributed by atoms with van der Waals surface area (Å²) in [6.45, 7) is 3.31. The molecule has 1 aromatic rings. The van der Waals surface area contributed by atoms with Gasteiger partial charge in [-0.1, -0.05) is 6.07 Å². The Labute approximate surface area is 96.7 Å². The molecule has 0 saturated heterocycles. The minimum Gasteiger partial charge on any atom is -0.399 e. The Balaban J connectivity index is 1.97. The fourth-order valence-corrected chi connectivity index (χ4v) is 2.04. The van der Waals surface area contributed by atoms with Gasteiger partial charge in [-0.2, -0.15) is 0 Å². The summed E-state index contributed by atoms with van der Waals surface area (Å²) in [5.74, 6) is 0. The van der Waals surface area contributed by atoms with Gasteiger partial charge in [-0.05, 0) is 49.3 Å². The number of aliphatic hydroxyl groups is 1. The zero-order valence-corrected chi connectivity index (χ0v) is 9.79. The van der Waals surface area contributed by atoms with Gasteiger partial charge in [-0.3, -0.25) is 0 Å². The number of anilines is 2. The number of rotatable bonds is 5. The maximum absolute atomic E-state index is 8.99. The lowest BCUT2D eigenvalue weighted by Crippen LogP contribution is -2.17. The zero-order chi connectivity index (χ0) is 11.6.